The van der Waals surface area contributed by atoms with Crippen LogP contribution in [0.5, 0.6) is 0 Å². The molecule has 0 bridgehead atoms. The van der Waals surface area contributed by atoms with Crippen molar-refractivity contribution >= 4 is 5.97 Å². The summed E-state index contributed by atoms with van der Waals surface area (Å²) < 4.78 is 16.3. The standard InChI is InChI=1S/C20H22O4/c1-5-6-7-8-10-19(2)11-9-16(17(15-19)18(21)22-4)14-20(3)23-12-13-24-20/h1,6-7,9,11H,12-15H2,2-4H3/b7-6-. The van der Waals surface area contributed by atoms with Gasteiger partial charge in [0.2, 0.25) is 0 Å². The molecule has 1 aliphatic carbocycles. The van der Waals surface area contributed by atoms with Crippen molar-refractivity contribution < 1.29 is 19.0 Å². The molecule has 1 unspecified atom stereocenters. The summed E-state index contributed by atoms with van der Waals surface area (Å²) >= 11 is 0. The van der Waals surface area contributed by atoms with Crippen molar-refractivity contribution in [2.75, 3.05) is 20.3 Å². The Morgan fingerprint density at radius 1 is 1.38 bits per heavy atom. The minimum absolute atomic E-state index is 0.344. The number of hydrogen-bond donors (Lipinski definition) is 0. The molecule has 0 aromatic carbocycles. The predicted molar refractivity (Wildman–Crippen MR) is 91.6 cm³/mol. The van der Waals surface area contributed by atoms with Crippen LogP contribution in [0.15, 0.2) is 35.5 Å². The first-order chi connectivity index (χ1) is 11.4. The Morgan fingerprint density at radius 3 is 2.71 bits per heavy atom. The van der Waals surface area contributed by atoms with Gasteiger partial charge in [0, 0.05) is 12.0 Å². The van der Waals surface area contributed by atoms with E-state index in [2.05, 4.69) is 17.8 Å². The fraction of sp³-hybridized carbons (Fsp3) is 0.450. The normalized spacial score (nSPS) is 25.2. The fourth-order valence-corrected chi connectivity index (χ4v) is 2.80. The van der Waals surface area contributed by atoms with Crippen molar-refractivity contribution in [3.05, 3.63) is 35.5 Å². The molecule has 4 heteroatoms. The van der Waals surface area contributed by atoms with Gasteiger partial charge in [-0.3, -0.25) is 0 Å². The zero-order valence-corrected chi connectivity index (χ0v) is 14.3. The molecule has 0 saturated carbocycles. The summed E-state index contributed by atoms with van der Waals surface area (Å²) in [4.78, 5) is 12.2. The van der Waals surface area contributed by atoms with Gasteiger partial charge in [-0.1, -0.05) is 29.9 Å². The third-order valence-electron chi connectivity index (χ3n) is 4.05. The molecule has 0 amide bonds. The van der Waals surface area contributed by atoms with Crippen molar-refractivity contribution in [3.63, 3.8) is 0 Å². The molecule has 0 spiro atoms. The third kappa shape index (κ3) is 4.38. The monoisotopic (exact) mass is 326 g/mol. The number of ether oxygens (including phenoxy) is 3. The minimum atomic E-state index is -0.700. The van der Waals surface area contributed by atoms with Crippen LogP contribution >= 0.6 is 0 Å². The van der Waals surface area contributed by atoms with E-state index in [9.17, 15) is 4.79 Å². The van der Waals surface area contributed by atoms with Crippen LogP contribution in [0.3, 0.4) is 0 Å². The first kappa shape index (κ1) is 18.1. The first-order valence-corrected chi connectivity index (χ1v) is 7.83. The summed E-state index contributed by atoms with van der Waals surface area (Å²) in [5.41, 5.74) is 1.02. The Kier molecular flexibility index (Phi) is 5.67. The van der Waals surface area contributed by atoms with Crippen molar-refractivity contribution in [2.45, 2.75) is 32.5 Å². The summed E-state index contributed by atoms with van der Waals surface area (Å²) in [6, 6.07) is 0. The lowest BCUT2D eigenvalue weighted by Gasteiger charge is -2.29. The number of terminal acetylenes is 1. The van der Waals surface area contributed by atoms with Gasteiger partial charge in [0.1, 0.15) is 0 Å². The molecule has 126 valence electrons. The van der Waals surface area contributed by atoms with Gasteiger partial charge in [0.15, 0.2) is 5.79 Å². The molecule has 1 saturated heterocycles. The van der Waals surface area contributed by atoms with Gasteiger partial charge < -0.3 is 14.2 Å². The molecule has 1 fully saturated rings. The van der Waals surface area contributed by atoms with Crippen molar-refractivity contribution in [1.82, 2.24) is 0 Å². The topological polar surface area (TPSA) is 44.8 Å². The van der Waals surface area contributed by atoms with Crippen LogP contribution in [-0.4, -0.2) is 32.1 Å². The van der Waals surface area contributed by atoms with Gasteiger partial charge in [-0.15, -0.1) is 6.42 Å². The van der Waals surface area contributed by atoms with E-state index in [-0.39, 0.29) is 5.97 Å². The molecule has 1 atom stereocenters. The minimum Gasteiger partial charge on any atom is -0.466 e. The highest BCUT2D eigenvalue weighted by atomic mass is 16.7. The zero-order chi connectivity index (χ0) is 17.6. The molecule has 2 aliphatic rings. The summed E-state index contributed by atoms with van der Waals surface area (Å²) in [5, 5.41) is 0. The van der Waals surface area contributed by atoms with E-state index in [1.807, 2.05) is 26.0 Å². The lowest BCUT2D eigenvalue weighted by atomic mass is 9.77. The molecular weight excluding hydrogens is 304 g/mol. The Hall–Kier alpha value is -2.27. The second kappa shape index (κ2) is 7.53. The average molecular weight is 326 g/mol. The van der Waals surface area contributed by atoms with Crippen LogP contribution in [0.1, 0.15) is 26.7 Å². The van der Waals surface area contributed by atoms with E-state index in [1.165, 1.54) is 7.11 Å². The van der Waals surface area contributed by atoms with Gasteiger partial charge in [-0.2, -0.15) is 0 Å². The maximum Gasteiger partial charge on any atom is 0.334 e. The van der Waals surface area contributed by atoms with Crippen molar-refractivity contribution in [3.8, 4) is 24.2 Å². The van der Waals surface area contributed by atoms with Gasteiger partial charge in [0.25, 0.3) is 0 Å². The lowest BCUT2D eigenvalue weighted by molar-refractivity contribution is -0.141. The Balaban J connectivity index is 2.26. The second-order valence-electron chi connectivity index (χ2n) is 6.20. The van der Waals surface area contributed by atoms with Gasteiger partial charge in [-0.25, -0.2) is 4.79 Å². The highest BCUT2D eigenvalue weighted by molar-refractivity contribution is 5.90. The smallest absolute Gasteiger partial charge is 0.334 e. The first-order valence-electron chi connectivity index (χ1n) is 7.83. The highest BCUT2D eigenvalue weighted by Gasteiger charge is 2.36. The van der Waals surface area contributed by atoms with E-state index in [1.54, 1.807) is 12.2 Å². The van der Waals surface area contributed by atoms with Crippen LogP contribution < -0.4 is 0 Å². The van der Waals surface area contributed by atoms with E-state index < -0.39 is 11.2 Å². The van der Waals surface area contributed by atoms with Crippen LogP contribution in [0.25, 0.3) is 0 Å². The Morgan fingerprint density at radius 2 is 2.08 bits per heavy atom. The van der Waals surface area contributed by atoms with Crippen LogP contribution in [0.4, 0.5) is 0 Å². The number of rotatable bonds is 3. The van der Waals surface area contributed by atoms with Crippen molar-refractivity contribution in [1.29, 1.82) is 0 Å². The summed E-state index contributed by atoms with van der Waals surface area (Å²) in [6.07, 6.45) is 13.2. The predicted octanol–water partition coefficient (Wildman–Crippen LogP) is 2.77. The molecule has 24 heavy (non-hydrogen) atoms. The number of allylic oxidation sites excluding steroid dienone is 4. The number of hydrogen-bond acceptors (Lipinski definition) is 4. The SMILES string of the molecule is C#C/C=C\C#CC1(C)C=CC(CC2(C)OCCO2)=C(C(=O)OC)C1. The van der Waals surface area contributed by atoms with E-state index in [0.717, 1.165) is 5.57 Å². The molecular formula is C20H22O4. The van der Waals surface area contributed by atoms with Crippen LogP contribution in [0.2, 0.25) is 0 Å². The number of carbonyl (C=O) groups is 1. The number of esters is 1. The molecule has 4 nitrogen and oxygen atoms in total. The molecule has 0 aromatic rings. The molecule has 0 radical (unpaired) electrons. The van der Waals surface area contributed by atoms with E-state index in [0.29, 0.717) is 31.6 Å². The number of methoxy groups -OCH3 is 1. The summed E-state index contributed by atoms with van der Waals surface area (Å²) in [6.45, 7) is 4.98. The van der Waals surface area contributed by atoms with Crippen LogP contribution in [-0.2, 0) is 19.0 Å². The maximum absolute atomic E-state index is 12.2. The largest absolute Gasteiger partial charge is 0.466 e. The third-order valence-corrected chi connectivity index (χ3v) is 4.05. The Bertz CT molecular complexity index is 687. The Labute approximate surface area is 143 Å². The highest BCUT2D eigenvalue weighted by Crippen LogP contribution is 2.38. The van der Waals surface area contributed by atoms with Crippen molar-refractivity contribution in [2.24, 2.45) is 5.41 Å². The molecule has 0 aromatic heterocycles. The molecule has 1 aliphatic heterocycles. The summed E-state index contributed by atoms with van der Waals surface area (Å²) in [7, 11) is 1.38. The quantitative estimate of drug-likeness (QED) is 0.591. The molecule has 2 rings (SSSR count). The van der Waals surface area contributed by atoms with Crippen LogP contribution in [0, 0.1) is 29.6 Å². The maximum atomic E-state index is 12.2. The molecule has 0 N–H and O–H groups in total. The second-order valence-corrected chi connectivity index (χ2v) is 6.20. The van der Waals surface area contributed by atoms with Gasteiger partial charge in [0.05, 0.1) is 25.7 Å². The summed E-state index contributed by atoms with van der Waals surface area (Å²) in [5.74, 6) is 7.41. The average Bonchev–Trinajstić information content (AvgIpc) is 2.99. The number of carbonyl (C=O) groups excluding carboxylic acids is 1. The van der Waals surface area contributed by atoms with Gasteiger partial charge >= 0.3 is 5.97 Å². The van der Waals surface area contributed by atoms with E-state index >= 15 is 0 Å². The van der Waals surface area contributed by atoms with E-state index in [4.69, 9.17) is 20.6 Å². The van der Waals surface area contributed by atoms with Gasteiger partial charge in [-0.05, 0) is 38.0 Å². The fourth-order valence-electron chi connectivity index (χ4n) is 2.80. The lowest BCUT2D eigenvalue weighted by Crippen LogP contribution is -2.29. The molecule has 1 heterocycles. The zero-order valence-electron chi connectivity index (χ0n) is 14.3.